The molecule has 1 unspecified atom stereocenters. The van der Waals surface area contributed by atoms with E-state index < -0.39 is 0 Å². The van der Waals surface area contributed by atoms with Gasteiger partial charge in [0.15, 0.2) is 0 Å². The SMILES string of the molecule is CCCCc1ccc(OC2CCC(=O)C2)cc1. The monoisotopic (exact) mass is 232 g/mol. The highest BCUT2D eigenvalue weighted by Gasteiger charge is 2.23. The van der Waals surface area contributed by atoms with Crippen LogP contribution in [-0.4, -0.2) is 11.9 Å². The number of hydrogen-bond acceptors (Lipinski definition) is 2. The molecule has 1 aliphatic rings. The summed E-state index contributed by atoms with van der Waals surface area (Å²) < 4.78 is 5.78. The standard InChI is InChI=1S/C15H20O2/c1-2-3-4-12-5-8-14(9-6-12)17-15-10-7-13(16)11-15/h5-6,8-9,15H,2-4,7,10-11H2,1H3. The molecular weight excluding hydrogens is 212 g/mol. The summed E-state index contributed by atoms with van der Waals surface area (Å²) in [6.07, 6.45) is 5.83. The Hall–Kier alpha value is -1.31. The second-order valence-electron chi connectivity index (χ2n) is 4.77. The molecule has 1 atom stereocenters. The van der Waals surface area contributed by atoms with Crippen molar-refractivity contribution in [2.24, 2.45) is 0 Å². The van der Waals surface area contributed by atoms with Crippen LogP contribution in [-0.2, 0) is 11.2 Å². The molecule has 1 saturated carbocycles. The van der Waals surface area contributed by atoms with Crippen LogP contribution in [0.1, 0.15) is 44.6 Å². The van der Waals surface area contributed by atoms with Crippen LogP contribution in [0.3, 0.4) is 0 Å². The molecule has 0 spiro atoms. The molecule has 1 aliphatic carbocycles. The third-order valence-corrected chi connectivity index (χ3v) is 3.25. The van der Waals surface area contributed by atoms with Crippen molar-refractivity contribution in [2.45, 2.75) is 51.6 Å². The van der Waals surface area contributed by atoms with Crippen LogP contribution in [0, 0.1) is 0 Å². The number of carbonyl (C=O) groups excluding carboxylic acids is 1. The van der Waals surface area contributed by atoms with Crippen LogP contribution in [0.5, 0.6) is 5.75 Å². The molecule has 1 aromatic rings. The Morgan fingerprint density at radius 2 is 2.06 bits per heavy atom. The van der Waals surface area contributed by atoms with Gasteiger partial charge in [-0.3, -0.25) is 4.79 Å². The second-order valence-corrected chi connectivity index (χ2v) is 4.77. The van der Waals surface area contributed by atoms with E-state index in [4.69, 9.17) is 4.74 Å². The first-order valence-electron chi connectivity index (χ1n) is 6.55. The largest absolute Gasteiger partial charge is 0.490 e. The fourth-order valence-electron chi connectivity index (χ4n) is 2.19. The summed E-state index contributed by atoms with van der Waals surface area (Å²) in [7, 11) is 0. The van der Waals surface area contributed by atoms with Crippen molar-refractivity contribution in [3.63, 3.8) is 0 Å². The number of aryl methyl sites for hydroxylation is 1. The van der Waals surface area contributed by atoms with Crippen molar-refractivity contribution in [1.82, 2.24) is 0 Å². The number of Topliss-reactive ketones (excluding diaryl/α,β-unsaturated/α-hetero) is 1. The summed E-state index contributed by atoms with van der Waals surface area (Å²) in [5.41, 5.74) is 1.36. The van der Waals surface area contributed by atoms with Crippen LogP contribution in [0.2, 0.25) is 0 Å². The van der Waals surface area contributed by atoms with Crippen LogP contribution >= 0.6 is 0 Å². The van der Waals surface area contributed by atoms with E-state index in [1.807, 2.05) is 12.1 Å². The molecule has 1 fully saturated rings. The molecule has 0 radical (unpaired) electrons. The molecule has 2 heteroatoms. The maximum absolute atomic E-state index is 11.1. The van der Waals surface area contributed by atoms with Crippen LogP contribution in [0.4, 0.5) is 0 Å². The Bertz CT molecular complexity index is 367. The Morgan fingerprint density at radius 1 is 1.29 bits per heavy atom. The molecule has 92 valence electrons. The Labute approximate surface area is 103 Å². The van der Waals surface area contributed by atoms with Gasteiger partial charge in [-0.25, -0.2) is 0 Å². The number of carbonyl (C=O) groups is 1. The first-order valence-corrected chi connectivity index (χ1v) is 6.55. The molecule has 1 aromatic carbocycles. The highest BCUT2D eigenvalue weighted by molar-refractivity contribution is 5.81. The van der Waals surface area contributed by atoms with Gasteiger partial charge in [0.1, 0.15) is 17.6 Å². The van der Waals surface area contributed by atoms with Gasteiger partial charge >= 0.3 is 0 Å². The second kappa shape index (κ2) is 5.85. The predicted molar refractivity (Wildman–Crippen MR) is 68.3 cm³/mol. The minimum Gasteiger partial charge on any atom is -0.490 e. The average Bonchev–Trinajstić information content (AvgIpc) is 2.74. The smallest absolute Gasteiger partial charge is 0.136 e. The van der Waals surface area contributed by atoms with E-state index in [0.29, 0.717) is 18.6 Å². The molecule has 2 nitrogen and oxygen atoms in total. The third-order valence-electron chi connectivity index (χ3n) is 3.25. The van der Waals surface area contributed by atoms with Gasteiger partial charge in [-0.15, -0.1) is 0 Å². The van der Waals surface area contributed by atoms with Gasteiger partial charge in [0.25, 0.3) is 0 Å². The first kappa shape index (κ1) is 12.2. The Kier molecular flexibility index (Phi) is 4.18. The summed E-state index contributed by atoms with van der Waals surface area (Å²) in [6, 6.07) is 8.30. The maximum atomic E-state index is 11.1. The number of unbranched alkanes of at least 4 members (excludes halogenated alkanes) is 1. The third kappa shape index (κ3) is 3.58. The average molecular weight is 232 g/mol. The normalized spacial score (nSPS) is 19.6. The zero-order chi connectivity index (χ0) is 12.1. The minimum absolute atomic E-state index is 0.101. The van der Waals surface area contributed by atoms with Gasteiger partial charge < -0.3 is 4.74 Å². The van der Waals surface area contributed by atoms with Crippen LogP contribution in [0.15, 0.2) is 24.3 Å². The molecule has 0 saturated heterocycles. The van der Waals surface area contributed by atoms with Crippen molar-refractivity contribution < 1.29 is 9.53 Å². The number of rotatable bonds is 5. The molecular formula is C15H20O2. The molecule has 0 bridgehead atoms. The van der Waals surface area contributed by atoms with E-state index in [2.05, 4.69) is 19.1 Å². The van der Waals surface area contributed by atoms with Crippen molar-refractivity contribution >= 4 is 5.78 Å². The van der Waals surface area contributed by atoms with E-state index in [-0.39, 0.29) is 6.10 Å². The lowest BCUT2D eigenvalue weighted by Crippen LogP contribution is -2.11. The van der Waals surface area contributed by atoms with E-state index in [1.54, 1.807) is 0 Å². The number of benzene rings is 1. The molecule has 0 heterocycles. The highest BCUT2D eigenvalue weighted by Crippen LogP contribution is 2.22. The quantitative estimate of drug-likeness (QED) is 0.776. The van der Waals surface area contributed by atoms with Gasteiger partial charge in [0.2, 0.25) is 0 Å². The summed E-state index contributed by atoms with van der Waals surface area (Å²) in [4.78, 5) is 11.1. The number of ketones is 1. The van der Waals surface area contributed by atoms with Gasteiger partial charge in [-0.05, 0) is 37.0 Å². The summed E-state index contributed by atoms with van der Waals surface area (Å²) in [5, 5.41) is 0. The van der Waals surface area contributed by atoms with E-state index in [1.165, 1.54) is 18.4 Å². The molecule has 0 amide bonds. The number of hydrogen-bond donors (Lipinski definition) is 0. The number of ether oxygens (including phenoxy) is 1. The lowest BCUT2D eigenvalue weighted by molar-refractivity contribution is -0.117. The molecule has 0 aromatic heterocycles. The zero-order valence-electron chi connectivity index (χ0n) is 10.4. The predicted octanol–water partition coefficient (Wildman–Crippen LogP) is 3.53. The summed E-state index contributed by atoms with van der Waals surface area (Å²) in [6.45, 7) is 2.20. The van der Waals surface area contributed by atoms with Crippen LogP contribution in [0.25, 0.3) is 0 Å². The van der Waals surface area contributed by atoms with Crippen molar-refractivity contribution in [3.8, 4) is 5.75 Å². The minimum atomic E-state index is 0.101. The Morgan fingerprint density at radius 3 is 2.65 bits per heavy atom. The van der Waals surface area contributed by atoms with Crippen molar-refractivity contribution in [3.05, 3.63) is 29.8 Å². The van der Waals surface area contributed by atoms with Gasteiger partial charge in [0.05, 0.1) is 0 Å². The summed E-state index contributed by atoms with van der Waals surface area (Å²) >= 11 is 0. The highest BCUT2D eigenvalue weighted by atomic mass is 16.5. The zero-order valence-corrected chi connectivity index (χ0v) is 10.4. The fraction of sp³-hybridized carbons (Fsp3) is 0.533. The first-order chi connectivity index (χ1) is 8.28. The molecule has 0 aliphatic heterocycles. The Balaban J connectivity index is 1.87. The maximum Gasteiger partial charge on any atom is 0.136 e. The van der Waals surface area contributed by atoms with Gasteiger partial charge in [-0.2, -0.15) is 0 Å². The van der Waals surface area contributed by atoms with E-state index in [9.17, 15) is 4.79 Å². The molecule has 17 heavy (non-hydrogen) atoms. The van der Waals surface area contributed by atoms with Crippen molar-refractivity contribution in [2.75, 3.05) is 0 Å². The van der Waals surface area contributed by atoms with Crippen molar-refractivity contribution in [1.29, 1.82) is 0 Å². The van der Waals surface area contributed by atoms with Gasteiger partial charge in [-0.1, -0.05) is 25.5 Å². The van der Waals surface area contributed by atoms with Gasteiger partial charge in [0, 0.05) is 12.8 Å². The van der Waals surface area contributed by atoms with E-state index in [0.717, 1.165) is 18.6 Å². The molecule has 0 N–H and O–H groups in total. The summed E-state index contributed by atoms with van der Waals surface area (Å²) in [5.74, 6) is 1.22. The topological polar surface area (TPSA) is 26.3 Å². The lowest BCUT2D eigenvalue weighted by atomic mass is 10.1. The van der Waals surface area contributed by atoms with Crippen LogP contribution < -0.4 is 4.74 Å². The molecule has 2 rings (SSSR count). The lowest BCUT2D eigenvalue weighted by Gasteiger charge is -2.12. The fourth-order valence-corrected chi connectivity index (χ4v) is 2.19. The van der Waals surface area contributed by atoms with E-state index >= 15 is 0 Å².